The van der Waals surface area contributed by atoms with Crippen LogP contribution in [0.1, 0.15) is 26.3 Å². The van der Waals surface area contributed by atoms with Gasteiger partial charge < -0.3 is 18.8 Å². The van der Waals surface area contributed by atoms with Crippen molar-refractivity contribution in [2.45, 2.75) is 0 Å². The number of carbonyl (C=O) groups is 2. The van der Waals surface area contributed by atoms with Gasteiger partial charge in [-0.3, -0.25) is 9.59 Å². The molecule has 0 saturated heterocycles. The van der Waals surface area contributed by atoms with Crippen LogP contribution in [0, 0.1) is 0 Å². The molecule has 0 bridgehead atoms. The molecular formula is C27H21NO5. The summed E-state index contributed by atoms with van der Waals surface area (Å²) in [4.78, 5) is 25.3. The quantitative estimate of drug-likeness (QED) is 0.310. The molecule has 164 valence electrons. The molecule has 0 amide bonds. The van der Waals surface area contributed by atoms with Crippen molar-refractivity contribution in [3.63, 3.8) is 0 Å². The molecule has 33 heavy (non-hydrogen) atoms. The van der Waals surface area contributed by atoms with Gasteiger partial charge in [-0.05, 0) is 48.5 Å². The minimum Gasteiger partial charge on any atom is -0.497 e. The molecule has 0 atom stereocenters. The molecule has 0 fully saturated rings. The van der Waals surface area contributed by atoms with E-state index < -0.39 is 0 Å². The zero-order valence-corrected chi connectivity index (χ0v) is 18.2. The third-order valence-corrected chi connectivity index (χ3v) is 5.64. The molecule has 1 aliphatic heterocycles. The van der Waals surface area contributed by atoms with Crippen LogP contribution in [-0.2, 0) is 7.05 Å². The number of carbonyl (C=O) groups excluding carboxylic acids is 2. The molecule has 0 N–H and O–H groups in total. The van der Waals surface area contributed by atoms with Crippen LogP contribution in [0.2, 0.25) is 0 Å². The Bertz CT molecular complexity index is 1410. The smallest absolute Gasteiger partial charge is 0.231 e. The van der Waals surface area contributed by atoms with E-state index >= 15 is 0 Å². The highest BCUT2D eigenvalue weighted by atomic mass is 16.5. The summed E-state index contributed by atoms with van der Waals surface area (Å²) in [6, 6.07) is 19.8. The van der Waals surface area contributed by atoms with Crippen molar-refractivity contribution in [2.24, 2.45) is 7.05 Å². The number of ether oxygens (including phenoxy) is 3. The second-order valence-electron chi connectivity index (χ2n) is 7.75. The Morgan fingerprint density at radius 1 is 1.03 bits per heavy atom. The molecule has 1 aromatic heterocycles. The van der Waals surface area contributed by atoms with Crippen molar-refractivity contribution >= 4 is 28.5 Å². The van der Waals surface area contributed by atoms with Crippen molar-refractivity contribution in [3.05, 3.63) is 95.4 Å². The standard InChI is InChI=1S/C27H21NO5/c1-28-15-18(21-5-3-4-6-23(21)28)13-26-27(30)22-12-11-20(14-25(22)33-26)32-16-24(29)17-7-9-19(31-2)10-8-17/h3-15H,16H2,1-2H3/b26-13-. The molecule has 5 rings (SSSR count). The van der Waals surface area contributed by atoms with Crippen molar-refractivity contribution in [2.75, 3.05) is 13.7 Å². The van der Waals surface area contributed by atoms with Gasteiger partial charge in [-0.2, -0.15) is 0 Å². The predicted octanol–water partition coefficient (Wildman–Crippen LogP) is 5.06. The number of para-hydroxylation sites is 1. The molecular weight excluding hydrogens is 418 g/mol. The van der Waals surface area contributed by atoms with E-state index in [1.165, 1.54) is 0 Å². The molecule has 0 saturated carbocycles. The van der Waals surface area contributed by atoms with Crippen LogP contribution in [0.15, 0.2) is 78.7 Å². The second-order valence-corrected chi connectivity index (χ2v) is 7.75. The molecule has 3 aromatic carbocycles. The summed E-state index contributed by atoms with van der Waals surface area (Å²) in [5.74, 6) is 1.47. The second kappa shape index (κ2) is 8.31. The van der Waals surface area contributed by atoms with E-state index in [0.29, 0.717) is 28.4 Å². The molecule has 0 aliphatic carbocycles. The van der Waals surface area contributed by atoms with E-state index in [1.54, 1.807) is 55.7 Å². The van der Waals surface area contributed by atoms with Crippen LogP contribution in [0.4, 0.5) is 0 Å². The number of Topliss-reactive ketones (excluding diaryl/α,β-unsaturated/α-hetero) is 2. The maximum Gasteiger partial charge on any atom is 0.231 e. The number of benzene rings is 3. The first kappa shape index (κ1) is 20.6. The summed E-state index contributed by atoms with van der Waals surface area (Å²) in [7, 11) is 3.54. The number of hydrogen-bond donors (Lipinski definition) is 0. The number of nitrogens with zero attached hydrogens (tertiary/aromatic N) is 1. The fourth-order valence-corrected chi connectivity index (χ4v) is 3.90. The highest BCUT2D eigenvalue weighted by Gasteiger charge is 2.28. The van der Waals surface area contributed by atoms with E-state index in [0.717, 1.165) is 16.5 Å². The normalized spacial score (nSPS) is 13.8. The Labute approximate surface area is 190 Å². The highest BCUT2D eigenvalue weighted by molar-refractivity contribution is 6.15. The van der Waals surface area contributed by atoms with Crippen LogP contribution in [0.3, 0.4) is 0 Å². The van der Waals surface area contributed by atoms with E-state index in [2.05, 4.69) is 0 Å². The monoisotopic (exact) mass is 439 g/mol. The lowest BCUT2D eigenvalue weighted by atomic mass is 10.1. The van der Waals surface area contributed by atoms with Gasteiger partial charge in [-0.25, -0.2) is 0 Å². The molecule has 0 radical (unpaired) electrons. The van der Waals surface area contributed by atoms with Gasteiger partial charge in [0.05, 0.1) is 12.7 Å². The fourth-order valence-electron chi connectivity index (χ4n) is 3.90. The van der Waals surface area contributed by atoms with Gasteiger partial charge in [0.25, 0.3) is 0 Å². The van der Waals surface area contributed by atoms with E-state index in [1.807, 2.05) is 42.1 Å². The highest BCUT2D eigenvalue weighted by Crippen LogP contribution is 2.35. The Hall–Kier alpha value is -4.32. The number of rotatable bonds is 6. The summed E-state index contributed by atoms with van der Waals surface area (Å²) in [5, 5.41) is 1.04. The molecule has 1 aliphatic rings. The van der Waals surface area contributed by atoms with E-state index in [9.17, 15) is 9.59 Å². The average Bonchev–Trinajstić information content (AvgIpc) is 3.33. The minimum absolute atomic E-state index is 0.127. The minimum atomic E-state index is -0.182. The topological polar surface area (TPSA) is 66.8 Å². The molecule has 0 unspecified atom stereocenters. The first-order valence-corrected chi connectivity index (χ1v) is 10.5. The number of fused-ring (bicyclic) bond motifs is 2. The lowest BCUT2D eigenvalue weighted by molar-refractivity contribution is 0.0920. The SMILES string of the molecule is COc1ccc(C(=O)COc2ccc3c(c2)O/C(=C\c2cn(C)c4ccccc24)C3=O)cc1. The van der Waals surface area contributed by atoms with E-state index in [4.69, 9.17) is 14.2 Å². The third kappa shape index (κ3) is 3.87. The summed E-state index contributed by atoms with van der Waals surface area (Å²) in [6.45, 7) is -0.127. The number of ketones is 2. The van der Waals surface area contributed by atoms with Gasteiger partial charge in [-0.15, -0.1) is 0 Å². The van der Waals surface area contributed by atoms with Crippen molar-refractivity contribution in [1.29, 1.82) is 0 Å². The van der Waals surface area contributed by atoms with Gasteiger partial charge in [0.1, 0.15) is 17.2 Å². The number of allylic oxidation sites excluding steroid dienone is 1. The van der Waals surface area contributed by atoms with Gasteiger partial charge in [0, 0.05) is 41.3 Å². The van der Waals surface area contributed by atoms with Crippen LogP contribution in [0.5, 0.6) is 17.2 Å². The molecule has 6 nitrogen and oxygen atoms in total. The lowest BCUT2D eigenvalue weighted by Crippen LogP contribution is -2.11. The van der Waals surface area contributed by atoms with Crippen LogP contribution in [0.25, 0.3) is 17.0 Å². The zero-order valence-electron chi connectivity index (χ0n) is 18.2. The maximum atomic E-state index is 12.9. The van der Waals surface area contributed by atoms with Gasteiger partial charge >= 0.3 is 0 Å². The lowest BCUT2D eigenvalue weighted by Gasteiger charge is -2.07. The van der Waals surface area contributed by atoms with Gasteiger partial charge in [0.15, 0.2) is 18.1 Å². The molecule has 4 aromatic rings. The van der Waals surface area contributed by atoms with Crippen LogP contribution in [-0.4, -0.2) is 29.9 Å². The number of aromatic nitrogens is 1. The molecule has 0 spiro atoms. The van der Waals surface area contributed by atoms with Crippen LogP contribution < -0.4 is 14.2 Å². The first-order valence-electron chi connectivity index (χ1n) is 10.5. The summed E-state index contributed by atoms with van der Waals surface area (Å²) in [6.07, 6.45) is 3.73. The van der Waals surface area contributed by atoms with Crippen molar-refractivity contribution in [1.82, 2.24) is 4.57 Å². The molecule has 6 heteroatoms. The first-order chi connectivity index (χ1) is 16.0. The number of methoxy groups -OCH3 is 1. The Balaban J connectivity index is 1.32. The summed E-state index contributed by atoms with van der Waals surface area (Å²) >= 11 is 0. The summed E-state index contributed by atoms with van der Waals surface area (Å²) in [5.41, 5.74) is 2.98. The number of aryl methyl sites for hydroxylation is 1. The van der Waals surface area contributed by atoms with Gasteiger partial charge in [0.2, 0.25) is 5.78 Å². The van der Waals surface area contributed by atoms with Crippen molar-refractivity contribution < 1.29 is 23.8 Å². The maximum absolute atomic E-state index is 12.9. The Kier molecular flexibility index (Phi) is 5.18. The summed E-state index contributed by atoms with van der Waals surface area (Å²) < 4.78 is 18.6. The average molecular weight is 439 g/mol. The largest absolute Gasteiger partial charge is 0.497 e. The Morgan fingerprint density at radius 2 is 1.79 bits per heavy atom. The third-order valence-electron chi connectivity index (χ3n) is 5.64. The predicted molar refractivity (Wildman–Crippen MR) is 125 cm³/mol. The zero-order chi connectivity index (χ0) is 22.9. The van der Waals surface area contributed by atoms with Gasteiger partial charge in [-0.1, -0.05) is 18.2 Å². The van der Waals surface area contributed by atoms with Crippen molar-refractivity contribution in [3.8, 4) is 17.2 Å². The van der Waals surface area contributed by atoms with E-state index in [-0.39, 0.29) is 23.9 Å². The Morgan fingerprint density at radius 3 is 2.58 bits per heavy atom. The number of hydrogen-bond acceptors (Lipinski definition) is 5. The van der Waals surface area contributed by atoms with Crippen LogP contribution >= 0.6 is 0 Å². The molecule has 2 heterocycles. The fraction of sp³-hybridized carbons (Fsp3) is 0.111.